The maximum absolute atomic E-state index is 11.6. The van der Waals surface area contributed by atoms with Gasteiger partial charge in [-0.05, 0) is 12.8 Å². The molecule has 0 aromatic heterocycles. The number of hydrogen-bond acceptors (Lipinski definition) is 3. The molecule has 0 fully saturated rings. The number of amides is 1. The van der Waals surface area contributed by atoms with Gasteiger partial charge in [-0.1, -0.05) is 20.8 Å². The topological polar surface area (TPSA) is 75.3 Å². The Kier molecular flexibility index (Phi) is 5.72. The highest BCUT2D eigenvalue weighted by atomic mass is 16.3. The lowest BCUT2D eigenvalue weighted by Crippen LogP contribution is -2.46. The van der Waals surface area contributed by atoms with Crippen molar-refractivity contribution in [2.75, 3.05) is 6.61 Å². The van der Waals surface area contributed by atoms with Crippen molar-refractivity contribution in [3.63, 3.8) is 0 Å². The molecular formula is C10H22N2O2. The molecule has 0 aromatic rings. The van der Waals surface area contributed by atoms with Crippen molar-refractivity contribution in [1.29, 1.82) is 0 Å². The van der Waals surface area contributed by atoms with E-state index in [1.807, 2.05) is 13.8 Å². The largest absolute Gasteiger partial charge is 0.394 e. The second-order valence-corrected chi connectivity index (χ2v) is 4.19. The van der Waals surface area contributed by atoms with Crippen LogP contribution in [0, 0.1) is 11.8 Å². The lowest BCUT2D eigenvalue weighted by molar-refractivity contribution is -0.126. The number of nitrogens with two attached hydrogens (primary N) is 1. The van der Waals surface area contributed by atoms with Gasteiger partial charge in [-0.15, -0.1) is 0 Å². The summed E-state index contributed by atoms with van der Waals surface area (Å²) in [6, 6.07) is -0.342. The highest BCUT2D eigenvalue weighted by molar-refractivity contribution is 5.79. The van der Waals surface area contributed by atoms with Crippen molar-refractivity contribution in [3.8, 4) is 0 Å². The Hall–Kier alpha value is -0.610. The summed E-state index contributed by atoms with van der Waals surface area (Å²) in [5.41, 5.74) is 5.61. The van der Waals surface area contributed by atoms with Gasteiger partial charge in [-0.2, -0.15) is 0 Å². The van der Waals surface area contributed by atoms with E-state index < -0.39 is 0 Å². The first-order chi connectivity index (χ1) is 6.40. The van der Waals surface area contributed by atoms with Gasteiger partial charge >= 0.3 is 0 Å². The van der Waals surface area contributed by atoms with E-state index in [1.54, 1.807) is 13.8 Å². The standard InChI is InChI=1S/C10H22N2O2/c1-6(2)9(5-13)12-10(14)7(3)8(4)11/h6-9,13H,5,11H2,1-4H3,(H,12,14). The van der Waals surface area contributed by atoms with Crippen LogP contribution in [0.3, 0.4) is 0 Å². The predicted molar refractivity (Wildman–Crippen MR) is 56.7 cm³/mol. The van der Waals surface area contributed by atoms with Gasteiger partial charge in [0.2, 0.25) is 5.91 Å². The number of rotatable bonds is 5. The minimum atomic E-state index is -0.220. The average molecular weight is 202 g/mol. The van der Waals surface area contributed by atoms with Crippen LogP contribution in [0.15, 0.2) is 0 Å². The first-order valence-electron chi connectivity index (χ1n) is 5.07. The molecule has 0 aliphatic carbocycles. The van der Waals surface area contributed by atoms with Gasteiger partial charge in [0.15, 0.2) is 0 Å². The molecular weight excluding hydrogens is 180 g/mol. The summed E-state index contributed by atoms with van der Waals surface area (Å²) < 4.78 is 0. The van der Waals surface area contributed by atoms with Crippen molar-refractivity contribution in [3.05, 3.63) is 0 Å². The molecule has 0 rings (SSSR count). The van der Waals surface area contributed by atoms with Crippen molar-refractivity contribution in [2.45, 2.75) is 39.8 Å². The number of carbonyl (C=O) groups is 1. The number of aliphatic hydroxyl groups excluding tert-OH is 1. The Morgan fingerprint density at radius 3 is 2.14 bits per heavy atom. The van der Waals surface area contributed by atoms with Crippen molar-refractivity contribution < 1.29 is 9.90 Å². The fraction of sp³-hybridized carbons (Fsp3) is 0.900. The molecule has 0 saturated heterocycles. The molecule has 0 spiro atoms. The molecule has 0 heterocycles. The molecule has 0 aromatic carbocycles. The Bertz CT molecular complexity index is 181. The van der Waals surface area contributed by atoms with Crippen LogP contribution in [0.1, 0.15) is 27.7 Å². The third-order valence-corrected chi connectivity index (χ3v) is 2.53. The predicted octanol–water partition coefficient (Wildman–Crippen LogP) is 0.103. The van der Waals surface area contributed by atoms with Crippen LogP contribution in [0.2, 0.25) is 0 Å². The fourth-order valence-corrected chi connectivity index (χ4v) is 0.976. The molecule has 4 N–H and O–H groups in total. The summed E-state index contributed by atoms with van der Waals surface area (Å²) in [6.45, 7) is 7.47. The lowest BCUT2D eigenvalue weighted by Gasteiger charge is -2.23. The van der Waals surface area contributed by atoms with Gasteiger partial charge in [-0.3, -0.25) is 4.79 Å². The molecule has 0 saturated carbocycles. The highest BCUT2D eigenvalue weighted by Gasteiger charge is 2.21. The number of aliphatic hydroxyl groups is 1. The fourth-order valence-electron chi connectivity index (χ4n) is 0.976. The molecule has 0 bridgehead atoms. The van der Waals surface area contributed by atoms with Crippen LogP contribution in [-0.4, -0.2) is 29.7 Å². The van der Waals surface area contributed by atoms with Gasteiger partial charge in [0, 0.05) is 12.0 Å². The number of carbonyl (C=O) groups excluding carboxylic acids is 1. The summed E-state index contributed by atoms with van der Waals surface area (Å²) >= 11 is 0. The first-order valence-corrected chi connectivity index (χ1v) is 5.07. The van der Waals surface area contributed by atoms with E-state index in [-0.39, 0.29) is 36.4 Å². The van der Waals surface area contributed by atoms with E-state index in [1.165, 1.54) is 0 Å². The van der Waals surface area contributed by atoms with E-state index in [9.17, 15) is 4.79 Å². The molecule has 3 unspecified atom stereocenters. The van der Waals surface area contributed by atoms with E-state index in [4.69, 9.17) is 10.8 Å². The van der Waals surface area contributed by atoms with Crippen molar-refractivity contribution in [2.24, 2.45) is 17.6 Å². The van der Waals surface area contributed by atoms with Crippen LogP contribution < -0.4 is 11.1 Å². The first kappa shape index (κ1) is 13.4. The second-order valence-electron chi connectivity index (χ2n) is 4.19. The van der Waals surface area contributed by atoms with Gasteiger partial charge in [0.05, 0.1) is 12.6 Å². The third-order valence-electron chi connectivity index (χ3n) is 2.53. The molecule has 1 amide bonds. The zero-order valence-electron chi connectivity index (χ0n) is 9.45. The smallest absolute Gasteiger partial charge is 0.224 e. The Labute approximate surface area is 85.9 Å². The number of hydrogen-bond donors (Lipinski definition) is 3. The Morgan fingerprint density at radius 2 is 1.86 bits per heavy atom. The molecule has 0 radical (unpaired) electrons. The lowest BCUT2D eigenvalue weighted by atomic mass is 10.0. The quantitative estimate of drug-likeness (QED) is 0.592. The molecule has 0 aliphatic heterocycles. The molecule has 4 heteroatoms. The molecule has 84 valence electrons. The minimum absolute atomic E-state index is 0.0327. The summed E-state index contributed by atoms with van der Waals surface area (Å²) in [5, 5.41) is 11.8. The highest BCUT2D eigenvalue weighted by Crippen LogP contribution is 2.04. The van der Waals surface area contributed by atoms with Crippen LogP contribution in [0.4, 0.5) is 0 Å². The second kappa shape index (κ2) is 5.98. The Morgan fingerprint density at radius 1 is 1.36 bits per heavy atom. The summed E-state index contributed by atoms with van der Waals surface area (Å²) in [7, 11) is 0. The number of nitrogens with one attached hydrogen (secondary N) is 1. The van der Waals surface area contributed by atoms with E-state index >= 15 is 0 Å². The minimum Gasteiger partial charge on any atom is -0.394 e. The van der Waals surface area contributed by atoms with E-state index in [0.29, 0.717) is 0 Å². The summed E-state index contributed by atoms with van der Waals surface area (Å²) in [6.07, 6.45) is 0. The Balaban J connectivity index is 4.15. The monoisotopic (exact) mass is 202 g/mol. The van der Waals surface area contributed by atoms with Crippen LogP contribution in [0.25, 0.3) is 0 Å². The van der Waals surface area contributed by atoms with Crippen LogP contribution >= 0.6 is 0 Å². The van der Waals surface area contributed by atoms with E-state index in [0.717, 1.165) is 0 Å². The third kappa shape index (κ3) is 4.07. The summed E-state index contributed by atoms with van der Waals surface area (Å²) in [4.78, 5) is 11.6. The molecule has 0 aliphatic rings. The maximum Gasteiger partial charge on any atom is 0.224 e. The van der Waals surface area contributed by atoms with E-state index in [2.05, 4.69) is 5.32 Å². The van der Waals surface area contributed by atoms with Gasteiger partial charge in [-0.25, -0.2) is 0 Å². The van der Waals surface area contributed by atoms with Gasteiger partial charge in [0.25, 0.3) is 0 Å². The van der Waals surface area contributed by atoms with Crippen LogP contribution in [-0.2, 0) is 4.79 Å². The average Bonchev–Trinajstić information content (AvgIpc) is 2.11. The van der Waals surface area contributed by atoms with Gasteiger partial charge in [0.1, 0.15) is 0 Å². The van der Waals surface area contributed by atoms with Gasteiger partial charge < -0.3 is 16.2 Å². The van der Waals surface area contributed by atoms with Crippen molar-refractivity contribution in [1.82, 2.24) is 5.32 Å². The molecule has 3 atom stereocenters. The molecule has 14 heavy (non-hydrogen) atoms. The van der Waals surface area contributed by atoms with Crippen molar-refractivity contribution >= 4 is 5.91 Å². The van der Waals surface area contributed by atoms with Crippen LogP contribution in [0.5, 0.6) is 0 Å². The maximum atomic E-state index is 11.6. The normalized spacial score (nSPS) is 17.6. The SMILES string of the molecule is CC(C)C(CO)NC(=O)C(C)C(C)N. The zero-order chi connectivity index (χ0) is 11.3. The summed E-state index contributed by atoms with van der Waals surface area (Å²) in [5.74, 6) is -0.0835. The zero-order valence-corrected chi connectivity index (χ0v) is 9.45. The molecule has 4 nitrogen and oxygen atoms in total.